The van der Waals surface area contributed by atoms with Crippen LogP contribution in [0.5, 0.6) is 0 Å². The van der Waals surface area contributed by atoms with Crippen molar-refractivity contribution in [3.8, 4) is 0 Å². The normalized spacial score (nSPS) is 18.8. The number of carbonyl (C=O) groups is 3. The predicted molar refractivity (Wildman–Crippen MR) is 101 cm³/mol. The zero-order chi connectivity index (χ0) is 20.7. The summed E-state index contributed by atoms with van der Waals surface area (Å²) in [5.74, 6) is -0.997. The molecule has 1 aliphatic carbocycles. The van der Waals surface area contributed by atoms with Gasteiger partial charge in [0.1, 0.15) is 6.54 Å². The van der Waals surface area contributed by atoms with E-state index >= 15 is 0 Å². The lowest BCUT2D eigenvalue weighted by atomic mass is 9.87. The molecule has 0 heterocycles. The van der Waals surface area contributed by atoms with Crippen LogP contribution in [0.4, 0.5) is 5.69 Å². The van der Waals surface area contributed by atoms with Gasteiger partial charge in [-0.25, -0.2) is 0 Å². The molecular formula is C19H25N3O6. The largest absolute Gasteiger partial charge is 0.454 e. The van der Waals surface area contributed by atoms with Gasteiger partial charge in [0.15, 0.2) is 6.61 Å². The molecule has 0 unspecified atom stereocenters. The zero-order valence-corrected chi connectivity index (χ0v) is 16.1. The van der Waals surface area contributed by atoms with E-state index in [1.165, 1.54) is 18.2 Å². The average molecular weight is 391 g/mol. The minimum atomic E-state index is -0.752. The SMILES string of the molecule is CC1CCC(N(C)C(=O)COC(=O)CNC(=O)c2cccc([N+](=O)[O-])c2)CC1. The second kappa shape index (κ2) is 9.82. The summed E-state index contributed by atoms with van der Waals surface area (Å²) < 4.78 is 4.93. The number of rotatable bonds is 7. The van der Waals surface area contributed by atoms with E-state index in [1.807, 2.05) is 0 Å². The molecule has 1 aromatic rings. The van der Waals surface area contributed by atoms with Crippen molar-refractivity contribution in [1.82, 2.24) is 10.2 Å². The molecule has 2 amide bonds. The van der Waals surface area contributed by atoms with E-state index in [-0.39, 0.29) is 29.8 Å². The second-order valence-corrected chi connectivity index (χ2v) is 7.07. The van der Waals surface area contributed by atoms with E-state index in [4.69, 9.17) is 4.74 Å². The van der Waals surface area contributed by atoms with Crippen molar-refractivity contribution in [2.75, 3.05) is 20.2 Å². The monoisotopic (exact) mass is 391 g/mol. The van der Waals surface area contributed by atoms with Crippen molar-refractivity contribution >= 4 is 23.5 Å². The molecule has 1 aromatic carbocycles. The van der Waals surface area contributed by atoms with Crippen molar-refractivity contribution in [1.29, 1.82) is 0 Å². The summed E-state index contributed by atoms with van der Waals surface area (Å²) >= 11 is 0. The number of benzene rings is 1. The third-order valence-electron chi connectivity index (χ3n) is 5.00. The van der Waals surface area contributed by atoms with Gasteiger partial charge >= 0.3 is 5.97 Å². The Labute approximate surface area is 163 Å². The number of carbonyl (C=O) groups excluding carboxylic acids is 3. The lowest BCUT2D eigenvalue weighted by Gasteiger charge is -2.33. The van der Waals surface area contributed by atoms with Gasteiger partial charge in [0.05, 0.1) is 4.92 Å². The van der Waals surface area contributed by atoms with Gasteiger partial charge in [0.2, 0.25) is 0 Å². The minimum absolute atomic E-state index is 0.0596. The van der Waals surface area contributed by atoms with Crippen molar-refractivity contribution in [3.05, 3.63) is 39.9 Å². The summed E-state index contributed by atoms with van der Waals surface area (Å²) in [5, 5.41) is 13.1. The molecule has 28 heavy (non-hydrogen) atoms. The van der Waals surface area contributed by atoms with Crippen LogP contribution in [0.1, 0.15) is 43.0 Å². The highest BCUT2D eigenvalue weighted by molar-refractivity contribution is 5.96. The van der Waals surface area contributed by atoms with Gasteiger partial charge < -0.3 is 15.0 Å². The zero-order valence-electron chi connectivity index (χ0n) is 16.1. The second-order valence-electron chi connectivity index (χ2n) is 7.07. The molecule has 0 aromatic heterocycles. The highest BCUT2D eigenvalue weighted by Gasteiger charge is 2.25. The summed E-state index contributed by atoms with van der Waals surface area (Å²) in [6.07, 6.45) is 4.03. The van der Waals surface area contributed by atoms with Crippen LogP contribution in [0.25, 0.3) is 0 Å². The maximum Gasteiger partial charge on any atom is 0.325 e. The summed E-state index contributed by atoms with van der Waals surface area (Å²) in [7, 11) is 1.71. The number of hydrogen-bond donors (Lipinski definition) is 1. The third kappa shape index (κ3) is 6.04. The lowest BCUT2D eigenvalue weighted by Crippen LogP contribution is -2.42. The van der Waals surface area contributed by atoms with Crippen LogP contribution >= 0.6 is 0 Å². The van der Waals surface area contributed by atoms with Crippen LogP contribution in [-0.2, 0) is 14.3 Å². The Morgan fingerprint density at radius 3 is 2.57 bits per heavy atom. The summed E-state index contributed by atoms with van der Waals surface area (Å²) in [5.41, 5.74) is -0.162. The molecule has 152 valence electrons. The summed E-state index contributed by atoms with van der Waals surface area (Å²) in [6, 6.07) is 5.32. The molecule has 1 saturated carbocycles. The quantitative estimate of drug-likeness (QED) is 0.431. The Kier molecular flexibility index (Phi) is 7.48. The van der Waals surface area contributed by atoms with Gasteiger partial charge in [-0.1, -0.05) is 13.0 Å². The summed E-state index contributed by atoms with van der Waals surface area (Å²) in [4.78, 5) is 47.7. The molecule has 0 spiro atoms. The topological polar surface area (TPSA) is 119 Å². The van der Waals surface area contributed by atoms with Crippen LogP contribution in [0.15, 0.2) is 24.3 Å². The van der Waals surface area contributed by atoms with E-state index < -0.39 is 23.3 Å². The van der Waals surface area contributed by atoms with E-state index in [0.717, 1.165) is 31.7 Å². The number of non-ortho nitro benzene ring substituents is 1. The fraction of sp³-hybridized carbons (Fsp3) is 0.526. The van der Waals surface area contributed by atoms with Crippen LogP contribution in [-0.4, -0.2) is 53.8 Å². The van der Waals surface area contributed by atoms with Gasteiger partial charge in [-0.15, -0.1) is 0 Å². The van der Waals surface area contributed by atoms with Gasteiger partial charge in [-0.05, 0) is 37.7 Å². The van der Waals surface area contributed by atoms with Gasteiger partial charge in [0, 0.05) is 30.8 Å². The molecule has 0 radical (unpaired) electrons. The van der Waals surface area contributed by atoms with Crippen LogP contribution in [0.2, 0.25) is 0 Å². The average Bonchev–Trinajstić information content (AvgIpc) is 2.70. The first-order chi connectivity index (χ1) is 13.3. The maximum absolute atomic E-state index is 12.2. The first kappa shape index (κ1) is 21.3. The van der Waals surface area contributed by atoms with Gasteiger partial charge in [0.25, 0.3) is 17.5 Å². The number of ether oxygens (including phenoxy) is 1. The number of hydrogen-bond acceptors (Lipinski definition) is 6. The Morgan fingerprint density at radius 1 is 1.25 bits per heavy atom. The molecule has 0 bridgehead atoms. The minimum Gasteiger partial charge on any atom is -0.454 e. The highest BCUT2D eigenvalue weighted by atomic mass is 16.6. The molecule has 9 nitrogen and oxygen atoms in total. The van der Waals surface area contributed by atoms with Gasteiger partial charge in [-0.2, -0.15) is 0 Å². The fourth-order valence-electron chi connectivity index (χ4n) is 3.14. The molecule has 1 N–H and O–H groups in total. The van der Waals surface area contributed by atoms with Crippen LogP contribution in [0, 0.1) is 16.0 Å². The Hall–Kier alpha value is -2.97. The number of amides is 2. The number of nitrogens with zero attached hydrogens (tertiary/aromatic N) is 2. The molecular weight excluding hydrogens is 366 g/mol. The molecule has 9 heteroatoms. The molecule has 0 atom stereocenters. The van der Waals surface area contributed by atoms with E-state index in [1.54, 1.807) is 11.9 Å². The molecule has 2 rings (SSSR count). The molecule has 1 fully saturated rings. The number of nitro benzene ring substituents is 1. The van der Waals surface area contributed by atoms with E-state index in [9.17, 15) is 24.5 Å². The molecule has 0 saturated heterocycles. The molecule has 1 aliphatic rings. The first-order valence-electron chi connectivity index (χ1n) is 9.22. The highest BCUT2D eigenvalue weighted by Crippen LogP contribution is 2.26. The van der Waals surface area contributed by atoms with E-state index in [0.29, 0.717) is 5.92 Å². The summed E-state index contributed by atoms with van der Waals surface area (Å²) in [6.45, 7) is 1.38. The standard InChI is InChI=1S/C19H25N3O6/c1-13-6-8-15(9-7-13)21(2)17(23)12-28-18(24)11-20-19(25)14-4-3-5-16(10-14)22(26)27/h3-5,10,13,15H,6-9,11-12H2,1-2H3,(H,20,25). The van der Waals surface area contributed by atoms with Crippen LogP contribution in [0.3, 0.4) is 0 Å². The van der Waals surface area contributed by atoms with Crippen molar-refractivity contribution in [2.45, 2.75) is 38.6 Å². The van der Waals surface area contributed by atoms with Crippen LogP contribution < -0.4 is 5.32 Å². The first-order valence-corrected chi connectivity index (χ1v) is 9.22. The van der Waals surface area contributed by atoms with Gasteiger partial charge in [-0.3, -0.25) is 24.5 Å². The fourth-order valence-corrected chi connectivity index (χ4v) is 3.14. The Morgan fingerprint density at radius 2 is 1.93 bits per heavy atom. The number of nitrogens with one attached hydrogen (secondary N) is 1. The predicted octanol–water partition coefficient (Wildman–Crippen LogP) is 1.90. The number of nitro groups is 1. The van der Waals surface area contributed by atoms with Crippen molar-refractivity contribution in [2.24, 2.45) is 5.92 Å². The molecule has 0 aliphatic heterocycles. The Bertz CT molecular complexity index is 743. The third-order valence-corrected chi connectivity index (χ3v) is 5.00. The smallest absolute Gasteiger partial charge is 0.325 e. The lowest BCUT2D eigenvalue weighted by molar-refractivity contribution is -0.384. The number of esters is 1. The van der Waals surface area contributed by atoms with E-state index in [2.05, 4.69) is 12.2 Å². The Balaban J connectivity index is 1.74. The maximum atomic E-state index is 12.2. The van der Waals surface area contributed by atoms with Crippen molar-refractivity contribution in [3.63, 3.8) is 0 Å². The van der Waals surface area contributed by atoms with Crippen molar-refractivity contribution < 1.29 is 24.0 Å². The number of likely N-dealkylation sites (N-methyl/N-ethyl adjacent to an activating group) is 1.